The van der Waals surface area contributed by atoms with Crippen molar-refractivity contribution in [3.63, 3.8) is 0 Å². The van der Waals surface area contributed by atoms with E-state index in [0.717, 1.165) is 19.1 Å². The fraction of sp³-hybridized carbons (Fsp3) is 0.167. The summed E-state index contributed by atoms with van der Waals surface area (Å²) in [5, 5.41) is 16.3. The lowest BCUT2D eigenvalue weighted by molar-refractivity contribution is -0.145. The molecular weight excluding hydrogens is 422 g/mol. The second-order valence-electron chi connectivity index (χ2n) is 5.46. The van der Waals surface area contributed by atoms with Gasteiger partial charge in [-0.2, -0.15) is 5.26 Å². The highest BCUT2D eigenvalue weighted by molar-refractivity contribution is 8.13. The first kappa shape index (κ1) is 22.0. The van der Waals surface area contributed by atoms with Gasteiger partial charge in [0.1, 0.15) is 5.69 Å². The number of halogens is 1. The maximum absolute atomic E-state index is 12.3. The monoisotopic (exact) mass is 435 g/mol. The van der Waals surface area contributed by atoms with Crippen LogP contribution < -0.4 is 4.74 Å². The molecule has 9 nitrogen and oxygen atoms in total. The SMILES string of the molecule is CC(=O)OC(CC#N)N=Nc1cc(S(=O)(=O)Cl)ccc1OC(=O)c1ccccc1. The molecule has 0 saturated carbocycles. The first-order valence-electron chi connectivity index (χ1n) is 8.01. The molecule has 0 heterocycles. The van der Waals surface area contributed by atoms with Crippen molar-refractivity contribution >= 4 is 37.4 Å². The minimum absolute atomic E-state index is 0.106. The van der Waals surface area contributed by atoms with Crippen molar-refractivity contribution in [2.24, 2.45) is 10.2 Å². The molecule has 0 saturated heterocycles. The normalized spacial score (nSPS) is 12.2. The number of rotatable bonds is 7. The minimum atomic E-state index is -4.10. The third-order valence-corrected chi connectivity index (χ3v) is 4.64. The molecule has 0 radical (unpaired) electrons. The molecule has 0 bridgehead atoms. The zero-order chi connectivity index (χ0) is 21.4. The van der Waals surface area contributed by atoms with Crippen LogP contribution in [0.5, 0.6) is 5.75 Å². The fourth-order valence-corrected chi connectivity index (χ4v) is 2.82. The van der Waals surface area contributed by atoms with E-state index in [2.05, 4.69) is 10.2 Å². The van der Waals surface area contributed by atoms with Gasteiger partial charge >= 0.3 is 11.9 Å². The molecule has 0 amide bonds. The number of ether oxygens (including phenoxy) is 2. The predicted molar refractivity (Wildman–Crippen MR) is 101 cm³/mol. The lowest BCUT2D eigenvalue weighted by Crippen LogP contribution is -2.12. The van der Waals surface area contributed by atoms with Crippen molar-refractivity contribution in [3.8, 4) is 11.8 Å². The number of nitrogens with zero attached hydrogens (tertiary/aromatic N) is 3. The van der Waals surface area contributed by atoms with E-state index in [-0.39, 0.29) is 28.3 Å². The van der Waals surface area contributed by atoms with Gasteiger partial charge in [0, 0.05) is 17.6 Å². The van der Waals surface area contributed by atoms with Crippen LogP contribution in [0.15, 0.2) is 63.7 Å². The van der Waals surface area contributed by atoms with E-state index >= 15 is 0 Å². The van der Waals surface area contributed by atoms with Crippen molar-refractivity contribution in [2.75, 3.05) is 0 Å². The van der Waals surface area contributed by atoms with Gasteiger partial charge in [-0.15, -0.1) is 10.2 Å². The largest absolute Gasteiger partial charge is 0.437 e. The van der Waals surface area contributed by atoms with E-state index < -0.39 is 27.2 Å². The molecule has 0 spiro atoms. The zero-order valence-corrected chi connectivity index (χ0v) is 16.6. The van der Waals surface area contributed by atoms with E-state index in [1.165, 1.54) is 18.2 Å². The Morgan fingerprint density at radius 1 is 1.21 bits per heavy atom. The maximum atomic E-state index is 12.3. The highest BCUT2D eigenvalue weighted by Gasteiger charge is 2.18. The molecule has 1 atom stereocenters. The summed E-state index contributed by atoms with van der Waals surface area (Å²) in [6.45, 7) is 1.13. The Labute approximate surface area is 171 Å². The van der Waals surface area contributed by atoms with Crippen LogP contribution in [-0.4, -0.2) is 26.6 Å². The topological polar surface area (TPSA) is 135 Å². The molecule has 0 aliphatic heterocycles. The number of nitriles is 1. The molecule has 2 aromatic carbocycles. The van der Waals surface area contributed by atoms with Crippen LogP contribution in [0.2, 0.25) is 0 Å². The highest BCUT2D eigenvalue weighted by atomic mass is 35.7. The lowest BCUT2D eigenvalue weighted by Gasteiger charge is -2.10. The molecule has 0 fully saturated rings. The van der Waals surface area contributed by atoms with E-state index in [9.17, 15) is 18.0 Å². The molecular formula is C18H14ClN3O6S. The predicted octanol–water partition coefficient (Wildman–Crippen LogP) is 3.72. The average molecular weight is 436 g/mol. The van der Waals surface area contributed by atoms with Crippen LogP contribution in [0.1, 0.15) is 23.7 Å². The van der Waals surface area contributed by atoms with E-state index in [1.807, 2.05) is 0 Å². The third-order valence-electron chi connectivity index (χ3n) is 3.29. The Bertz CT molecular complexity index is 1080. The van der Waals surface area contributed by atoms with Crippen LogP contribution in [0.3, 0.4) is 0 Å². The van der Waals surface area contributed by atoms with Gasteiger partial charge in [0.15, 0.2) is 5.75 Å². The number of hydrogen-bond donors (Lipinski definition) is 0. The Hall–Kier alpha value is -3.29. The number of carbonyl (C=O) groups is 2. The number of carbonyl (C=O) groups excluding carboxylic acids is 2. The van der Waals surface area contributed by atoms with Crippen molar-refractivity contribution in [3.05, 3.63) is 54.1 Å². The molecule has 0 aliphatic carbocycles. The summed E-state index contributed by atoms with van der Waals surface area (Å²) in [5.74, 6) is -1.50. The second-order valence-corrected chi connectivity index (χ2v) is 8.03. The van der Waals surface area contributed by atoms with Crippen molar-refractivity contribution in [2.45, 2.75) is 24.5 Å². The minimum Gasteiger partial charge on any atom is -0.437 e. The summed E-state index contributed by atoms with van der Waals surface area (Å²) < 4.78 is 33.3. The number of azo groups is 1. The zero-order valence-electron chi connectivity index (χ0n) is 15.0. The van der Waals surface area contributed by atoms with E-state index in [1.54, 1.807) is 24.3 Å². The summed E-state index contributed by atoms with van der Waals surface area (Å²) in [5.41, 5.74) is 0.0952. The molecule has 0 N–H and O–H groups in total. The number of benzene rings is 2. The molecule has 0 aliphatic rings. The summed E-state index contributed by atoms with van der Waals surface area (Å²) in [6.07, 6.45) is -1.50. The van der Waals surface area contributed by atoms with Crippen molar-refractivity contribution < 1.29 is 27.5 Å². The summed E-state index contributed by atoms with van der Waals surface area (Å²) in [6, 6.07) is 13.2. The Balaban J connectivity index is 2.40. The molecule has 150 valence electrons. The first-order valence-corrected chi connectivity index (χ1v) is 10.3. The standard InChI is InChI=1S/C18H14ClN3O6S/c1-12(23)27-17(9-10-20)22-21-15-11-14(29(19,25)26)7-8-16(15)28-18(24)13-5-3-2-4-6-13/h2-8,11,17H,9H2,1H3. The third kappa shape index (κ3) is 6.67. The van der Waals surface area contributed by atoms with Crippen LogP contribution in [0, 0.1) is 11.3 Å². The summed E-state index contributed by atoms with van der Waals surface area (Å²) in [4.78, 5) is 23.1. The Morgan fingerprint density at radius 3 is 2.48 bits per heavy atom. The van der Waals surface area contributed by atoms with Gasteiger partial charge in [0.05, 0.1) is 22.9 Å². The lowest BCUT2D eigenvalue weighted by atomic mass is 10.2. The van der Waals surface area contributed by atoms with Crippen LogP contribution in [-0.2, 0) is 18.6 Å². The second kappa shape index (κ2) is 9.77. The average Bonchev–Trinajstić information content (AvgIpc) is 2.66. The molecule has 11 heteroatoms. The van der Waals surface area contributed by atoms with E-state index in [0.29, 0.717) is 0 Å². The van der Waals surface area contributed by atoms with Gasteiger partial charge in [0.25, 0.3) is 9.05 Å². The van der Waals surface area contributed by atoms with E-state index in [4.69, 9.17) is 25.4 Å². The quantitative estimate of drug-likeness (QED) is 0.280. The Morgan fingerprint density at radius 2 is 1.90 bits per heavy atom. The highest BCUT2D eigenvalue weighted by Crippen LogP contribution is 2.33. The molecule has 2 rings (SSSR count). The number of hydrogen-bond acceptors (Lipinski definition) is 9. The van der Waals surface area contributed by atoms with Gasteiger partial charge in [-0.1, -0.05) is 18.2 Å². The van der Waals surface area contributed by atoms with Crippen LogP contribution in [0.25, 0.3) is 0 Å². The van der Waals surface area contributed by atoms with Crippen LogP contribution >= 0.6 is 10.7 Å². The summed E-state index contributed by atoms with van der Waals surface area (Å²) >= 11 is 0. The van der Waals surface area contributed by atoms with Gasteiger partial charge in [-0.25, -0.2) is 13.2 Å². The fourth-order valence-electron chi connectivity index (χ4n) is 2.05. The molecule has 0 aromatic heterocycles. The maximum Gasteiger partial charge on any atom is 0.343 e. The molecule has 2 aromatic rings. The van der Waals surface area contributed by atoms with Gasteiger partial charge in [-0.3, -0.25) is 4.79 Å². The summed E-state index contributed by atoms with van der Waals surface area (Å²) in [7, 11) is 1.25. The Kier molecular flexibility index (Phi) is 7.41. The molecule has 29 heavy (non-hydrogen) atoms. The van der Waals surface area contributed by atoms with Gasteiger partial charge < -0.3 is 9.47 Å². The number of esters is 2. The smallest absolute Gasteiger partial charge is 0.343 e. The molecule has 1 unspecified atom stereocenters. The van der Waals surface area contributed by atoms with Crippen LogP contribution in [0.4, 0.5) is 5.69 Å². The first-order chi connectivity index (χ1) is 13.7. The van der Waals surface area contributed by atoms with Crippen molar-refractivity contribution in [1.29, 1.82) is 5.26 Å². The van der Waals surface area contributed by atoms with Gasteiger partial charge in [-0.05, 0) is 30.3 Å². The van der Waals surface area contributed by atoms with Gasteiger partial charge in [0.2, 0.25) is 6.23 Å². The van der Waals surface area contributed by atoms with Crippen molar-refractivity contribution in [1.82, 2.24) is 0 Å².